The molecule has 0 spiro atoms. The molecule has 0 aromatic carbocycles. The van der Waals surface area contributed by atoms with Crippen molar-refractivity contribution in [3.05, 3.63) is 66.2 Å². The second-order valence-electron chi connectivity index (χ2n) is 8.03. The highest BCUT2D eigenvalue weighted by Crippen LogP contribution is 2.25. The second kappa shape index (κ2) is 12.8. The minimum Gasteiger partial charge on any atom is -0.380 e. The van der Waals surface area contributed by atoms with Crippen molar-refractivity contribution in [3.8, 4) is 12.3 Å². The molecule has 0 saturated carbocycles. The summed E-state index contributed by atoms with van der Waals surface area (Å²) < 4.78 is 0. The zero-order valence-electron chi connectivity index (χ0n) is 19.3. The molecule has 1 N–H and O–H groups in total. The van der Waals surface area contributed by atoms with Crippen LogP contribution in [0.2, 0.25) is 0 Å². The maximum absolute atomic E-state index is 11.3. The standard InChI is InChI=1S/C17H22N2O.C9H16/c1-6-15(14(3)20)10-9-13(2)19-17(4,5)16-8-7-11-18-12-16;1-5-8-9(4,6-2)7-3/h6-12,19H,1H2,2-5H3;2H,5,7-8H2,1,3-4H3/b13-9+,15-10+;. The largest absolute Gasteiger partial charge is 0.380 e. The van der Waals surface area contributed by atoms with Crippen LogP contribution < -0.4 is 5.32 Å². The highest BCUT2D eigenvalue weighted by atomic mass is 16.1. The Morgan fingerprint density at radius 1 is 1.28 bits per heavy atom. The van der Waals surface area contributed by atoms with Gasteiger partial charge in [-0.1, -0.05) is 39.0 Å². The maximum atomic E-state index is 11.3. The van der Waals surface area contributed by atoms with Gasteiger partial charge >= 0.3 is 0 Å². The van der Waals surface area contributed by atoms with Crippen LogP contribution in [0.15, 0.2) is 60.6 Å². The van der Waals surface area contributed by atoms with E-state index in [0.29, 0.717) is 5.57 Å². The molecule has 158 valence electrons. The van der Waals surface area contributed by atoms with Crippen molar-refractivity contribution in [1.29, 1.82) is 0 Å². The molecular formula is C26H38N2O. The van der Waals surface area contributed by atoms with Crippen LogP contribution in [0.4, 0.5) is 0 Å². The van der Waals surface area contributed by atoms with E-state index in [9.17, 15) is 4.79 Å². The van der Waals surface area contributed by atoms with Crippen LogP contribution in [-0.4, -0.2) is 10.8 Å². The van der Waals surface area contributed by atoms with Crippen LogP contribution in [0.25, 0.3) is 0 Å². The minimum atomic E-state index is -0.229. The Morgan fingerprint density at radius 3 is 2.31 bits per heavy atom. The molecule has 0 radical (unpaired) electrons. The normalized spacial score (nSPS) is 14.0. The van der Waals surface area contributed by atoms with E-state index < -0.39 is 0 Å². The Balaban J connectivity index is 0.000000734. The lowest BCUT2D eigenvalue weighted by atomic mass is 9.84. The Labute approximate surface area is 178 Å². The summed E-state index contributed by atoms with van der Waals surface area (Å²) in [6.07, 6.45) is 17.6. The molecule has 1 aromatic heterocycles. The van der Waals surface area contributed by atoms with Gasteiger partial charge in [-0.25, -0.2) is 0 Å². The molecule has 1 rings (SSSR count). The minimum absolute atomic E-state index is 0.00979. The average Bonchev–Trinajstić information content (AvgIpc) is 2.69. The molecule has 0 bridgehead atoms. The summed E-state index contributed by atoms with van der Waals surface area (Å²) in [5.41, 5.74) is 2.61. The maximum Gasteiger partial charge on any atom is 0.159 e. The molecule has 0 fully saturated rings. The van der Waals surface area contributed by atoms with E-state index in [-0.39, 0.29) is 16.7 Å². The van der Waals surface area contributed by atoms with Crippen molar-refractivity contribution in [2.75, 3.05) is 0 Å². The molecule has 0 aliphatic heterocycles. The number of terminal acetylenes is 1. The Hall–Kier alpha value is -2.60. The van der Waals surface area contributed by atoms with Crippen LogP contribution in [0.5, 0.6) is 0 Å². The monoisotopic (exact) mass is 394 g/mol. The molecule has 0 aliphatic rings. The van der Waals surface area contributed by atoms with Crippen LogP contribution in [0.3, 0.4) is 0 Å². The van der Waals surface area contributed by atoms with Crippen LogP contribution in [0.1, 0.15) is 73.3 Å². The summed E-state index contributed by atoms with van der Waals surface area (Å²) in [4.78, 5) is 15.4. The van der Waals surface area contributed by atoms with Gasteiger partial charge in [-0.3, -0.25) is 9.78 Å². The lowest BCUT2D eigenvalue weighted by Gasteiger charge is -2.28. The zero-order valence-corrected chi connectivity index (χ0v) is 19.3. The first-order valence-electron chi connectivity index (χ1n) is 10.2. The van der Waals surface area contributed by atoms with E-state index in [1.807, 2.05) is 31.3 Å². The Morgan fingerprint density at radius 2 is 1.93 bits per heavy atom. The van der Waals surface area contributed by atoms with Crippen molar-refractivity contribution in [2.45, 2.75) is 73.3 Å². The first-order chi connectivity index (χ1) is 13.5. The topological polar surface area (TPSA) is 42.0 Å². The van der Waals surface area contributed by atoms with Gasteiger partial charge in [0.25, 0.3) is 0 Å². The van der Waals surface area contributed by atoms with E-state index in [0.717, 1.165) is 24.1 Å². The predicted molar refractivity (Wildman–Crippen MR) is 125 cm³/mol. The number of allylic oxidation sites excluding steroid dienone is 5. The first kappa shape index (κ1) is 26.4. The highest BCUT2D eigenvalue weighted by molar-refractivity contribution is 5.96. The van der Waals surface area contributed by atoms with E-state index in [2.05, 4.69) is 57.4 Å². The van der Waals surface area contributed by atoms with Crippen LogP contribution in [-0.2, 0) is 10.3 Å². The van der Waals surface area contributed by atoms with Gasteiger partial charge in [0.2, 0.25) is 0 Å². The summed E-state index contributed by atoms with van der Waals surface area (Å²) in [5, 5.41) is 3.42. The van der Waals surface area contributed by atoms with Gasteiger partial charge in [0.1, 0.15) is 0 Å². The van der Waals surface area contributed by atoms with Crippen molar-refractivity contribution in [2.24, 2.45) is 5.41 Å². The number of carbonyl (C=O) groups is 1. The molecule has 1 heterocycles. The first-order valence-corrected chi connectivity index (χ1v) is 10.2. The fourth-order valence-electron chi connectivity index (χ4n) is 2.79. The zero-order chi connectivity index (χ0) is 22.5. The van der Waals surface area contributed by atoms with E-state index in [1.165, 1.54) is 13.3 Å². The number of hydrogen-bond donors (Lipinski definition) is 1. The molecule has 1 aromatic rings. The fraction of sp³-hybridized carbons (Fsp3) is 0.462. The van der Waals surface area contributed by atoms with E-state index >= 15 is 0 Å². The third kappa shape index (κ3) is 9.94. The summed E-state index contributed by atoms with van der Waals surface area (Å²) >= 11 is 0. The molecule has 0 aliphatic carbocycles. The van der Waals surface area contributed by atoms with E-state index in [1.54, 1.807) is 18.3 Å². The van der Waals surface area contributed by atoms with Gasteiger partial charge in [0, 0.05) is 29.1 Å². The summed E-state index contributed by atoms with van der Waals surface area (Å²) in [6.45, 7) is 17.8. The van der Waals surface area contributed by atoms with Crippen LogP contribution in [0, 0.1) is 17.8 Å². The molecule has 3 nitrogen and oxygen atoms in total. The Kier molecular flexibility index (Phi) is 11.6. The summed E-state index contributed by atoms with van der Waals surface area (Å²) in [6, 6.07) is 3.96. The molecule has 3 heteroatoms. The summed E-state index contributed by atoms with van der Waals surface area (Å²) in [5.74, 6) is 2.84. The fourth-order valence-corrected chi connectivity index (χ4v) is 2.79. The van der Waals surface area contributed by atoms with Crippen molar-refractivity contribution in [1.82, 2.24) is 10.3 Å². The number of nitrogens with zero attached hydrogens (tertiary/aromatic N) is 1. The third-order valence-corrected chi connectivity index (χ3v) is 4.96. The van der Waals surface area contributed by atoms with E-state index in [4.69, 9.17) is 6.42 Å². The number of rotatable bonds is 9. The van der Waals surface area contributed by atoms with Crippen molar-refractivity contribution < 1.29 is 4.79 Å². The SMILES string of the molecule is C#CC(C)(CC)CCC.C=C/C(=C\C=C(/C)NC(C)(C)c1cccnc1)C(C)=O. The Bertz CT molecular complexity index is 751. The predicted octanol–water partition coefficient (Wildman–Crippen LogP) is 6.35. The number of aromatic nitrogens is 1. The van der Waals surface area contributed by atoms with Gasteiger partial charge in [-0.05, 0) is 71.2 Å². The molecule has 0 amide bonds. The van der Waals surface area contributed by atoms with Gasteiger partial charge in [-0.2, -0.15) is 0 Å². The molecule has 1 unspecified atom stereocenters. The smallest absolute Gasteiger partial charge is 0.159 e. The van der Waals surface area contributed by atoms with Crippen molar-refractivity contribution >= 4 is 5.78 Å². The van der Waals surface area contributed by atoms with Gasteiger partial charge in [-0.15, -0.1) is 12.3 Å². The lowest BCUT2D eigenvalue weighted by molar-refractivity contribution is -0.113. The number of nitrogens with one attached hydrogen (secondary N) is 1. The highest BCUT2D eigenvalue weighted by Gasteiger charge is 2.19. The third-order valence-electron chi connectivity index (χ3n) is 4.96. The number of pyridine rings is 1. The second-order valence-corrected chi connectivity index (χ2v) is 8.03. The quantitative estimate of drug-likeness (QED) is 0.301. The van der Waals surface area contributed by atoms with Gasteiger partial charge in [0.15, 0.2) is 5.78 Å². The van der Waals surface area contributed by atoms with Gasteiger partial charge in [0.05, 0.1) is 5.54 Å². The molecule has 0 saturated heterocycles. The number of hydrogen-bond acceptors (Lipinski definition) is 3. The molecule has 29 heavy (non-hydrogen) atoms. The number of ketones is 1. The number of carbonyl (C=O) groups excluding carboxylic acids is 1. The lowest BCUT2D eigenvalue weighted by Crippen LogP contribution is -2.35. The van der Waals surface area contributed by atoms with Crippen LogP contribution >= 0.6 is 0 Å². The average molecular weight is 395 g/mol. The number of Topliss-reactive ketones (excluding diaryl/α,β-unsaturated/α-hetero) is 1. The molecule has 1 atom stereocenters. The summed E-state index contributed by atoms with van der Waals surface area (Å²) in [7, 11) is 0. The van der Waals surface area contributed by atoms with Crippen molar-refractivity contribution in [3.63, 3.8) is 0 Å². The van der Waals surface area contributed by atoms with Gasteiger partial charge < -0.3 is 5.32 Å². The molecular weight excluding hydrogens is 356 g/mol.